The maximum absolute atomic E-state index is 14.5. The lowest BCUT2D eigenvalue weighted by Gasteiger charge is -2.34. The summed E-state index contributed by atoms with van der Waals surface area (Å²) in [6, 6.07) is 1.69. The molecule has 1 saturated heterocycles. The van der Waals surface area contributed by atoms with E-state index in [9.17, 15) is 8.96 Å². The van der Waals surface area contributed by atoms with E-state index in [2.05, 4.69) is 25.3 Å². The van der Waals surface area contributed by atoms with E-state index >= 15 is 0 Å². The smallest absolute Gasteiger partial charge is 0.344 e. The number of fused-ring (bicyclic) bond motifs is 1. The van der Waals surface area contributed by atoms with E-state index < -0.39 is 13.4 Å². The molecule has 0 radical (unpaired) electrons. The molecule has 0 aliphatic carbocycles. The molecule has 166 valence electrons. The Kier molecular flexibility index (Phi) is 6.55. The lowest BCUT2D eigenvalue weighted by molar-refractivity contribution is 0.206. The first-order valence-corrected chi connectivity index (χ1v) is 11.9. The van der Waals surface area contributed by atoms with Crippen LogP contribution < -0.4 is 5.32 Å². The molecule has 4 rings (SSSR count). The van der Waals surface area contributed by atoms with Crippen LogP contribution in [0.2, 0.25) is 5.02 Å². The molecule has 0 saturated carbocycles. The molecule has 1 atom stereocenters. The summed E-state index contributed by atoms with van der Waals surface area (Å²) in [4.78, 5) is 17.8. The van der Waals surface area contributed by atoms with Crippen LogP contribution in [0.5, 0.6) is 0 Å². The highest BCUT2D eigenvalue weighted by atomic mass is 35.5. The van der Waals surface area contributed by atoms with Crippen molar-refractivity contribution in [2.45, 2.75) is 18.9 Å². The molecule has 1 aliphatic heterocycles. The van der Waals surface area contributed by atoms with E-state index in [0.29, 0.717) is 28.6 Å². The van der Waals surface area contributed by atoms with E-state index in [1.165, 1.54) is 14.2 Å². The molecular weight excluding hydrogens is 446 g/mol. The summed E-state index contributed by atoms with van der Waals surface area (Å²) in [6.07, 6.45) is 6.28. The van der Waals surface area contributed by atoms with Gasteiger partial charge in [0, 0.05) is 50.1 Å². The van der Waals surface area contributed by atoms with Crippen molar-refractivity contribution >= 4 is 36.0 Å². The molecule has 2 N–H and O–H groups in total. The highest BCUT2D eigenvalue weighted by Gasteiger charge is 2.29. The van der Waals surface area contributed by atoms with Crippen LogP contribution in [0.4, 0.5) is 10.2 Å². The third-order valence-electron chi connectivity index (χ3n) is 5.26. The van der Waals surface area contributed by atoms with Crippen LogP contribution in [-0.2, 0) is 13.6 Å². The number of piperidine rings is 1. The molecule has 0 spiro atoms. The second kappa shape index (κ2) is 9.18. The van der Waals surface area contributed by atoms with Crippen LogP contribution in [-0.4, -0.2) is 64.5 Å². The number of pyridine rings is 1. The second-order valence-electron chi connectivity index (χ2n) is 7.32. The average Bonchev–Trinajstić information content (AvgIpc) is 3.18. The molecule has 0 unspecified atom stereocenters. The third kappa shape index (κ3) is 4.88. The Balaban J connectivity index is 1.54. The summed E-state index contributed by atoms with van der Waals surface area (Å²) in [7, 11) is -0.418. The maximum atomic E-state index is 14.5. The molecule has 4 heterocycles. The largest absolute Gasteiger partial charge is 0.363 e. The number of aromatic amines is 1. The van der Waals surface area contributed by atoms with Crippen LogP contribution in [0.25, 0.3) is 22.4 Å². The Morgan fingerprint density at radius 3 is 2.94 bits per heavy atom. The zero-order chi connectivity index (χ0) is 22.0. The number of aromatic nitrogens is 4. The van der Waals surface area contributed by atoms with Gasteiger partial charge < -0.3 is 19.3 Å². The Hall–Kier alpha value is -2.10. The highest BCUT2D eigenvalue weighted by Crippen LogP contribution is 2.47. The SMILES string of the molecule is COP(=O)(CN1CCC[C@H](Nc2nc(-c3c[nH]c4ncc(Cl)cc34)ncc2F)C1)OC. The first-order valence-electron chi connectivity index (χ1n) is 9.76. The standard InChI is InChI=1S/C19H23ClFN6O3P/c1-29-31(28,30-2)11-27-5-3-4-13(10-27)25-19-16(21)9-24-18(26-19)15-8-23-17-14(15)6-12(20)7-22-17/h6-9,13H,3-5,10-11H2,1-2H3,(H,22,23)(H,24,25,26)/t13-/m0/s1. The van der Waals surface area contributed by atoms with Gasteiger partial charge in [0.15, 0.2) is 17.5 Å². The Morgan fingerprint density at radius 2 is 2.16 bits per heavy atom. The zero-order valence-electron chi connectivity index (χ0n) is 17.1. The first kappa shape index (κ1) is 22.1. The van der Waals surface area contributed by atoms with Gasteiger partial charge in [-0.3, -0.25) is 9.46 Å². The normalized spacial score (nSPS) is 17.9. The molecular formula is C19H23ClFN6O3P. The van der Waals surface area contributed by atoms with E-state index in [4.69, 9.17) is 20.6 Å². The molecule has 1 fully saturated rings. The molecule has 9 nitrogen and oxygen atoms in total. The van der Waals surface area contributed by atoms with Crippen molar-refractivity contribution in [3.05, 3.63) is 35.5 Å². The Morgan fingerprint density at radius 1 is 1.35 bits per heavy atom. The number of H-pyrrole nitrogens is 1. The fraction of sp³-hybridized carbons (Fsp3) is 0.421. The number of halogens is 2. The van der Waals surface area contributed by atoms with Crippen molar-refractivity contribution in [1.29, 1.82) is 0 Å². The number of nitrogens with one attached hydrogen (secondary N) is 2. The predicted molar refractivity (Wildman–Crippen MR) is 117 cm³/mol. The lowest BCUT2D eigenvalue weighted by atomic mass is 10.1. The van der Waals surface area contributed by atoms with Crippen molar-refractivity contribution in [1.82, 2.24) is 24.8 Å². The van der Waals surface area contributed by atoms with E-state index in [1.807, 2.05) is 4.90 Å². The predicted octanol–water partition coefficient (Wildman–Crippen LogP) is 4.13. The molecule has 0 bridgehead atoms. The fourth-order valence-electron chi connectivity index (χ4n) is 3.69. The second-order valence-corrected chi connectivity index (χ2v) is 9.99. The van der Waals surface area contributed by atoms with Gasteiger partial charge in [0.05, 0.1) is 11.2 Å². The summed E-state index contributed by atoms with van der Waals surface area (Å²) in [5.74, 6) is -0.0747. The van der Waals surface area contributed by atoms with Gasteiger partial charge in [0.1, 0.15) is 11.9 Å². The summed E-state index contributed by atoms with van der Waals surface area (Å²) in [5, 5.41) is 4.41. The lowest BCUT2D eigenvalue weighted by Crippen LogP contribution is -2.42. The molecule has 0 amide bonds. The van der Waals surface area contributed by atoms with Crippen molar-refractivity contribution < 1.29 is 18.0 Å². The molecule has 12 heteroatoms. The van der Waals surface area contributed by atoms with Gasteiger partial charge in [0.2, 0.25) is 0 Å². The van der Waals surface area contributed by atoms with Crippen molar-refractivity contribution in [2.24, 2.45) is 0 Å². The molecule has 0 aromatic carbocycles. The minimum Gasteiger partial charge on any atom is -0.363 e. The number of anilines is 1. The molecule has 3 aromatic heterocycles. The number of hydrogen-bond donors (Lipinski definition) is 2. The summed E-state index contributed by atoms with van der Waals surface area (Å²) < 4.78 is 37.0. The van der Waals surface area contributed by atoms with E-state index in [0.717, 1.165) is 31.0 Å². The van der Waals surface area contributed by atoms with E-state index in [1.54, 1.807) is 18.5 Å². The fourth-order valence-corrected chi connectivity index (χ4v) is 4.98. The van der Waals surface area contributed by atoms with Gasteiger partial charge in [0.25, 0.3) is 0 Å². The number of nitrogens with zero attached hydrogens (tertiary/aromatic N) is 4. The van der Waals surface area contributed by atoms with Crippen molar-refractivity contribution in [3.63, 3.8) is 0 Å². The van der Waals surface area contributed by atoms with Gasteiger partial charge in [-0.05, 0) is 25.5 Å². The molecule has 3 aromatic rings. The summed E-state index contributed by atoms with van der Waals surface area (Å²) in [6.45, 7) is 1.32. The summed E-state index contributed by atoms with van der Waals surface area (Å²) in [5.41, 5.74) is 1.32. The monoisotopic (exact) mass is 468 g/mol. The van der Waals surface area contributed by atoms with Gasteiger partial charge in [-0.15, -0.1) is 0 Å². The maximum Gasteiger partial charge on any atom is 0.344 e. The minimum atomic E-state index is -3.16. The van der Waals surface area contributed by atoms with Gasteiger partial charge in [-0.1, -0.05) is 11.6 Å². The van der Waals surface area contributed by atoms with Gasteiger partial charge in [-0.2, -0.15) is 0 Å². The van der Waals surface area contributed by atoms with Crippen LogP contribution in [0.15, 0.2) is 24.7 Å². The van der Waals surface area contributed by atoms with Crippen molar-refractivity contribution in [3.8, 4) is 11.4 Å². The molecule has 31 heavy (non-hydrogen) atoms. The first-order chi connectivity index (χ1) is 14.9. The number of hydrogen-bond acceptors (Lipinski definition) is 8. The summed E-state index contributed by atoms with van der Waals surface area (Å²) >= 11 is 6.07. The van der Waals surface area contributed by atoms with Crippen molar-refractivity contribution in [2.75, 3.05) is 38.9 Å². The van der Waals surface area contributed by atoms with Gasteiger partial charge in [-0.25, -0.2) is 19.3 Å². The molecule has 1 aliphatic rings. The van der Waals surface area contributed by atoms with Crippen LogP contribution in [0, 0.1) is 5.82 Å². The zero-order valence-corrected chi connectivity index (χ0v) is 18.8. The average molecular weight is 469 g/mol. The topological polar surface area (TPSA) is 105 Å². The third-order valence-corrected chi connectivity index (χ3v) is 7.32. The number of rotatable bonds is 7. The number of likely N-dealkylation sites (tertiary alicyclic amines) is 1. The van der Waals surface area contributed by atoms with E-state index in [-0.39, 0.29) is 18.1 Å². The van der Waals surface area contributed by atoms with Crippen LogP contribution in [0.1, 0.15) is 12.8 Å². The quantitative estimate of drug-likeness (QED) is 0.499. The van der Waals surface area contributed by atoms with Crippen LogP contribution >= 0.6 is 19.2 Å². The Bertz CT molecular complexity index is 1120. The highest BCUT2D eigenvalue weighted by molar-refractivity contribution is 7.53. The Labute approximate surface area is 183 Å². The van der Waals surface area contributed by atoms with Crippen LogP contribution in [0.3, 0.4) is 0 Å². The van der Waals surface area contributed by atoms with Gasteiger partial charge >= 0.3 is 7.60 Å². The minimum absolute atomic E-state index is 0.0766.